The molecule has 0 unspecified atom stereocenters. The number of nitrogens with one attached hydrogen (secondary N) is 1. The van der Waals surface area contributed by atoms with Gasteiger partial charge in [0.05, 0.1) is 10.6 Å². The molecule has 1 N–H and O–H groups in total. The van der Waals surface area contributed by atoms with E-state index in [0.717, 1.165) is 17.7 Å². The summed E-state index contributed by atoms with van der Waals surface area (Å²) in [6.07, 6.45) is 1.88. The average Bonchev–Trinajstić information content (AvgIpc) is 3.40. The molecular formula is C21H21N3O5S. The van der Waals surface area contributed by atoms with E-state index in [1.165, 1.54) is 22.5 Å². The number of ether oxygens (including phenoxy) is 1. The highest BCUT2D eigenvalue weighted by Crippen LogP contribution is 2.35. The van der Waals surface area contributed by atoms with Gasteiger partial charge in [-0.05, 0) is 49.1 Å². The van der Waals surface area contributed by atoms with Crippen LogP contribution in [-0.4, -0.2) is 50.3 Å². The minimum absolute atomic E-state index is 0.0357. The molecule has 3 aliphatic heterocycles. The van der Waals surface area contributed by atoms with Gasteiger partial charge in [0, 0.05) is 18.8 Å². The molecule has 0 aromatic heterocycles. The second kappa shape index (κ2) is 7.10. The fraction of sp³-hybridized carbons (Fsp3) is 0.333. The summed E-state index contributed by atoms with van der Waals surface area (Å²) in [6.45, 7) is 0.748. The third kappa shape index (κ3) is 3.05. The summed E-state index contributed by atoms with van der Waals surface area (Å²) < 4.78 is 33.4. The second-order valence-electron chi connectivity index (χ2n) is 7.64. The zero-order valence-corrected chi connectivity index (χ0v) is 17.0. The summed E-state index contributed by atoms with van der Waals surface area (Å²) >= 11 is 0. The topological polar surface area (TPSA) is 96.0 Å². The van der Waals surface area contributed by atoms with Crippen LogP contribution in [0.15, 0.2) is 47.4 Å². The molecule has 0 spiro atoms. The van der Waals surface area contributed by atoms with Crippen molar-refractivity contribution in [1.29, 1.82) is 0 Å². The molecule has 3 heterocycles. The fourth-order valence-corrected chi connectivity index (χ4v) is 6.06. The summed E-state index contributed by atoms with van der Waals surface area (Å²) in [5, 5.41) is 2.63. The van der Waals surface area contributed by atoms with Crippen LogP contribution in [0.5, 0.6) is 5.75 Å². The van der Waals surface area contributed by atoms with Gasteiger partial charge in [-0.3, -0.25) is 9.59 Å². The number of benzene rings is 2. The van der Waals surface area contributed by atoms with Crippen LogP contribution >= 0.6 is 0 Å². The van der Waals surface area contributed by atoms with Crippen molar-refractivity contribution in [3.05, 3.63) is 48.0 Å². The molecule has 1 atom stereocenters. The standard InChI is InChI=1S/C21H21N3O5S/c25-20-13-29-19-8-7-15(12-16(19)22-20)30(27,28)24-10-3-6-18(24)21(26)23-11-9-14-4-1-2-5-17(14)23/h1-2,4-5,7-8,12,18H,3,6,9-11,13H2,(H,22,25)/t18-/m0/s1. The van der Waals surface area contributed by atoms with Gasteiger partial charge in [-0.1, -0.05) is 18.2 Å². The largest absolute Gasteiger partial charge is 0.482 e. The van der Waals surface area contributed by atoms with E-state index < -0.39 is 16.1 Å². The fourth-order valence-electron chi connectivity index (χ4n) is 4.38. The molecule has 8 nitrogen and oxygen atoms in total. The molecular weight excluding hydrogens is 406 g/mol. The normalized spacial score (nSPS) is 21.0. The first-order chi connectivity index (χ1) is 14.4. The number of para-hydroxylation sites is 1. The first-order valence-electron chi connectivity index (χ1n) is 9.93. The van der Waals surface area contributed by atoms with Crippen molar-refractivity contribution >= 4 is 33.2 Å². The molecule has 156 valence electrons. The Kier molecular flexibility index (Phi) is 4.52. The first-order valence-corrected chi connectivity index (χ1v) is 11.4. The van der Waals surface area contributed by atoms with E-state index in [0.29, 0.717) is 30.8 Å². The molecule has 2 aromatic carbocycles. The van der Waals surface area contributed by atoms with Crippen molar-refractivity contribution in [3.63, 3.8) is 0 Å². The lowest BCUT2D eigenvalue weighted by Gasteiger charge is -2.28. The number of carbonyl (C=O) groups excluding carboxylic acids is 2. The van der Waals surface area contributed by atoms with Crippen molar-refractivity contribution in [3.8, 4) is 5.75 Å². The maximum Gasteiger partial charge on any atom is 0.262 e. The Morgan fingerprint density at radius 3 is 2.83 bits per heavy atom. The molecule has 5 rings (SSSR count). The van der Waals surface area contributed by atoms with Gasteiger partial charge in [0.2, 0.25) is 15.9 Å². The van der Waals surface area contributed by atoms with Gasteiger partial charge in [-0.25, -0.2) is 8.42 Å². The molecule has 2 amide bonds. The lowest BCUT2D eigenvalue weighted by Crippen LogP contribution is -2.47. The van der Waals surface area contributed by atoms with Gasteiger partial charge in [0.15, 0.2) is 6.61 Å². The Morgan fingerprint density at radius 2 is 1.97 bits per heavy atom. The number of hydrogen-bond acceptors (Lipinski definition) is 5. The van der Waals surface area contributed by atoms with Crippen LogP contribution < -0.4 is 15.0 Å². The molecule has 0 bridgehead atoms. The third-order valence-electron chi connectivity index (χ3n) is 5.83. The van der Waals surface area contributed by atoms with Crippen molar-refractivity contribution in [2.24, 2.45) is 0 Å². The predicted molar refractivity (Wildman–Crippen MR) is 110 cm³/mol. The Bertz CT molecular complexity index is 1150. The summed E-state index contributed by atoms with van der Waals surface area (Å²) in [5.74, 6) is -0.0918. The lowest BCUT2D eigenvalue weighted by atomic mass is 10.1. The first kappa shape index (κ1) is 19.1. The highest BCUT2D eigenvalue weighted by Gasteiger charge is 2.42. The summed E-state index contributed by atoms with van der Waals surface area (Å²) in [4.78, 5) is 26.6. The molecule has 0 radical (unpaired) electrons. The van der Waals surface area contributed by atoms with E-state index in [-0.39, 0.29) is 29.9 Å². The van der Waals surface area contributed by atoms with Crippen molar-refractivity contribution in [2.75, 3.05) is 29.9 Å². The van der Waals surface area contributed by atoms with Crippen molar-refractivity contribution in [1.82, 2.24) is 4.31 Å². The average molecular weight is 427 g/mol. The number of amides is 2. The lowest BCUT2D eigenvalue weighted by molar-refractivity contribution is -0.121. The molecule has 30 heavy (non-hydrogen) atoms. The number of sulfonamides is 1. The Labute approximate surface area is 174 Å². The molecule has 0 aliphatic carbocycles. The molecule has 9 heteroatoms. The van der Waals surface area contributed by atoms with Crippen LogP contribution in [-0.2, 0) is 26.0 Å². The summed E-state index contributed by atoms with van der Waals surface area (Å²) in [7, 11) is -3.91. The number of nitrogens with zero attached hydrogens (tertiary/aromatic N) is 2. The molecule has 3 aliphatic rings. The van der Waals surface area contributed by atoms with Gasteiger partial charge >= 0.3 is 0 Å². The highest BCUT2D eigenvalue weighted by molar-refractivity contribution is 7.89. The summed E-state index contributed by atoms with van der Waals surface area (Å²) in [6, 6.07) is 11.4. The van der Waals surface area contributed by atoms with Crippen molar-refractivity contribution < 1.29 is 22.7 Å². The zero-order chi connectivity index (χ0) is 20.9. The smallest absolute Gasteiger partial charge is 0.262 e. The maximum absolute atomic E-state index is 13.4. The second-order valence-corrected chi connectivity index (χ2v) is 9.53. The van der Waals surface area contributed by atoms with E-state index in [2.05, 4.69) is 5.32 Å². The van der Waals surface area contributed by atoms with Gasteiger partial charge < -0.3 is 15.0 Å². The Balaban J connectivity index is 1.44. The van der Waals surface area contributed by atoms with Gasteiger partial charge in [-0.2, -0.15) is 4.31 Å². The predicted octanol–water partition coefficient (Wildman–Crippen LogP) is 1.76. The van der Waals surface area contributed by atoms with Gasteiger partial charge in [0.25, 0.3) is 5.91 Å². The quantitative estimate of drug-likeness (QED) is 0.805. The highest BCUT2D eigenvalue weighted by atomic mass is 32.2. The Hall–Kier alpha value is -2.91. The van der Waals surface area contributed by atoms with Crippen molar-refractivity contribution in [2.45, 2.75) is 30.2 Å². The molecule has 1 fully saturated rings. The number of fused-ring (bicyclic) bond motifs is 2. The SMILES string of the molecule is O=C1COc2ccc(S(=O)(=O)N3CCC[C@H]3C(=O)N3CCc4ccccc43)cc2N1. The van der Waals surface area contributed by atoms with Crippen LogP contribution in [0.4, 0.5) is 11.4 Å². The van der Waals surface area contributed by atoms with E-state index in [9.17, 15) is 18.0 Å². The number of hydrogen-bond donors (Lipinski definition) is 1. The van der Waals surface area contributed by atoms with Crippen LogP contribution in [0.3, 0.4) is 0 Å². The van der Waals surface area contributed by atoms with E-state index in [1.54, 1.807) is 4.90 Å². The van der Waals surface area contributed by atoms with Crippen LogP contribution in [0.25, 0.3) is 0 Å². The maximum atomic E-state index is 13.4. The Morgan fingerprint density at radius 1 is 1.13 bits per heavy atom. The minimum Gasteiger partial charge on any atom is -0.482 e. The number of anilines is 2. The molecule has 2 aromatic rings. The van der Waals surface area contributed by atoms with E-state index >= 15 is 0 Å². The van der Waals surface area contributed by atoms with Crippen LogP contribution in [0.2, 0.25) is 0 Å². The van der Waals surface area contributed by atoms with E-state index in [1.807, 2.05) is 24.3 Å². The molecule has 0 saturated carbocycles. The van der Waals surface area contributed by atoms with Gasteiger partial charge in [-0.15, -0.1) is 0 Å². The van der Waals surface area contributed by atoms with Crippen LogP contribution in [0, 0.1) is 0 Å². The number of carbonyl (C=O) groups is 2. The van der Waals surface area contributed by atoms with Gasteiger partial charge in [0.1, 0.15) is 11.8 Å². The van der Waals surface area contributed by atoms with E-state index in [4.69, 9.17) is 4.74 Å². The third-order valence-corrected chi connectivity index (χ3v) is 7.74. The monoisotopic (exact) mass is 427 g/mol. The summed E-state index contributed by atoms with van der Waals surface area (Å²) in [5.41, 5.74) is 2.28. The molecule has 1 saturated heterocycles. The van der Waals surface area contributed by atoms with Crippen LogP contribution in [0.1, 0.15) is 18.4 Å². The minimum atomic E-state index is -3.91. The number of rotatable bonds is 3. The zero-order valence-electron chi connectivity index (χ0n) is 16.2.